The molecule has 4 nitrogen and oxygen atoms in total. The Morgan fingerprint density at radius 1 is 0.973 bits per heavy atom. The third-order valence-corrected chi connectivity index (χ3v) is 5.82. The smallest absolute Gasteiger partial charge is 0.388 e. The number of anilines is 1. The van der Waals surface area contributed by atoms with Gasteiger partial charge in [0.2, 0.25) is 0 Å². The highest BCUT2D eigenvalue weighted by molar-refractivity contribution is 5.54. The molecule has 0 spiro atoms. The van der Waals surface area contributed by atoms with E-state index in [9.17, 15) is 17.6 Å². The highest BCUT2D eigenvalue weighted by Gasteiger charge is 2.34. The van der Waals surface area contributed by atoms with Crippen molar-refractivity contribution in [1.82, 2.24) is 15.5 Å². The van der Waals surface area contributed by atoms with Crippen LogP contribution in [0.4, 0.5) is 23.4 Å². The number of nitrogens with one attached hydrogen (secondary N) is 2. The Kier molecular flexibility index (Phi) is 14.6. The second-order valence-electron chi connectivity index (χ2n) is 8.76. The Morgan fingerprint density at radius 3 is 2.14 bits per heavy atom. The van der Waals surface area contributed by atoms with Crippen LogP contribution in [0, 0.1) is 12.7 Å². The third kappa shape index (κ3) is 10.5. The van der Waals surface area contributed by atoms with Crippen LogP contribution in [-0.2, 0) is 12.7 Å². The molecule has 0 atom stereocenters. The summed E-state index contributed by atoms with van der Waals surface area (Å²) in [5, 5.41) is 15.8. The van der Waals surface area contributed by atoms with Gasteiger partial charge in [-0.05, 0) is 32.4 Å². The fraction of sp³-hybridized carbons (Fsp3) is 0.517. The normalized spacial score (nSPS) is 12.9. The maximum Gasteiger partial charge on any atom is 0.419 e. The first kappa shape index (κ1) is 32.1. The van der Waals surface area contributed by atoms with Crippen molar-refractivity contribution in [3.63, 3.8) is 0 Å². The summed E-state index contributed by atoms with van der Waals surface area (Å²) < 4.78 is 53.2. The van der Waals surface area contributed by atoms with Crippen LogP contribution in [0.1, 0.15) is 89.5 Å². The number of benzene rings is 1. The van der Waals surface area contributed by atoms with E-state index in [4.69, 9.17) is 0 Å². The first-order valence-corrected chi connectivity index (χ1v) is 13.1. The zero-order chi connectivity index (χ0) is 27.8. The van der Waals surface area contributed by atoms with Crippen LogP contribution in [0.5, 0.6) is 0 Å². The first-order valence-electron chi connectivity index (χ1n) is 13.1. The average molecular weight is 523 g/mol. The molecular weight excluding hydrogens is 480 g/mol. The van der Waals surface area contributed by atoms with E-state index in [1.165, 1.54) is 50.7 Å². The van der Waals surface area contributed by atoms with Gasteiger partial charge in [-0.3, -0.25) is 0 Å². The minimum Gasteiger partial charge on any atom is -0.388 e. The molecule has 1 aromatic heterocycles. The lowest BCUT2D eigenvalue weighted by Crippen LogP contribution is -2.34. The molecular formula is C29H42F4N4. The molecule has 206 valence electrons. The lowest BCUT2D eigenvalue weighted by atomic mass is 10.1. The number of aromatic nitrogens is 2. The molecule has 2 N–H and O–H groups in total. The van der Waals surface area contributed by atoms with Crippen molar-refractivity contribution >= 4 is 18.0 Å². The Bertz CT molecular complexity index is 1100. The molecule has 0 unspecified atom stereocenters. The van der Waals surface area contributed by atoms with Crippen molar-refractivity contribution in [2.75, 3.05) is 12.4 Å². The summed E-state index contributed by atoms with van der Waals surface area (Å²) in [5.74, 6) is -0.931. The monoisotopic (exact) mass is 522 g/mol. The fourth-order valence-corrected chi connectivity index (χ4v) is 3.77. The number of unbranched alkanes of at least 4 members (excludes halogenated alkanes) is 5. The molecule has 0 aliphatic carbocycles. The molecule has 0 amide bonds. The summed E-state index contributed by atoms with van der Waals surface area (Å²) in [6, 6.07) is 3.22. The minimum absolute atomic E-state index is 0.104. The van der Waals surface area contributed by atoms with Crippen LogP contribution in [0.2, 0.25) is 0 Å². The van der Waals surface area contributed by atoms with E-state index in [1.807, 2.05) is 39.0 Å². The summed E-state index contributed by atoms with van der Waals surface area (Å²) in [5.41, 5.74) is 0.176. The number of aryl methyl sites for hydroxylation is 1. The van der Waals surface area contributed by atoms with Gasteiger partial charge in [0, 0.05) is 35.3 Å². The van der Waals surface area contributed by atoms with Crippen molar-refractivity contribution < 1.29 is 17.6 Å². The maximum atomic E-state index is 14.3. The molecule has 8 heteroatoms. The van der Waals surface area contributed by atoms with E-state index in [1.54, 1.807) is 7.05 Å². The third-order valence-electron chi connectivity index (χ3n) is 5.82. The molecule has 0 bridgehead atoms. The number of nitrogens with zero attached hydrogens (tertiary/aromatic N) is 2. The predicted octanol–water partition coefficient (Wildman–Crippen LogP) is 7.02. The Hall–Kier alpha value is -2.90. The lowest BCUT2D eigenvalue weighted by molar-refractivity contribution is -0.140. The van der Waals surface area contributed by atoms with Gasteiger partial charge in [-0.25, -0.2) is 4.39 Å². The molecule has 0 radical (unpaired) electrons. The number of hydrogen-bond acceptors (Lipinski definition) is 4. The van der Waals surface area contributed by atoms with E-state index in [-0.39, 0.29) is 12.1 Å². The van der Waals surface area contributed by atoms with Crippen LogP contribution >= 0.6 is 0 Å². The van der Waals surface area contributed by atoms with Crippen molar-refractivity contribution in [2.24, 2.45) is 0 Å². The topological polar surface area (TPSA) is 49.8 Å². The van der Waals surface area contributed by atoms with E-state index in [0.717, 1.165) is 28.6 Å². The van der Waals surface area contributed by atoms with Crippen molar-refractivity contribution in [3.05, 3.63) is 63.0 Å². The van der Waals surface area contributed by atoms with Gasteiger partial charge in [-0.1, -0.05) is 83.6 Å². The van der Waals surface area contributed by atoms with Gasteiger partial charge >= 0.3 is 6.18 Å². The van der Waals surface area contributed by atoms with E-state index < -0.39 is 17.6 Å². The molecule has 2 rings (SSSR count). The zero-order valence-electron chi connectivity index (χ0n) is 23.0. The Labute approximate surface area is 219 Å². The molecule has 0 aliphatic heterocycles. The van der Waals surface area contributed by atoms with Crippen LogP contribution < -0.4 is 21.1 Å². The number of rotatable bonds is 11. The van der Waals surface area contributed by atoms with Gasteiger partial charge in [-0.15, -0.1) is 5.10 Å². The SMILES string of the molecule is C/C=c1/c(C)nnc(NCc2cccc(C(F)(F)F)c2F)/c1=C/C(=C/CC)NC.CCCCCCCC. The molecule has 0 saturated carbocycles. The number of halogens is 4. The lowest BCUT2D eigenvalue weighted by Gasteiger charge is -2.13. The molecule has 2 aromatic rings. The Balaban J connectivity index is 0.000000738. The van der Waals surface area contributed by atoms with Gasteiger partial charge in [0.25, 0.3) is 0 Å². The summed E-state index contributed by atoms with van der Waals surface area (Å²) in [4.78, 5) is 0. The largest absolute Gasteiger partial charge is 0.419 e. The van der Waals surface area contributed by atoms with Gasteiger partial charge in [0.05, 0.1) is 11.3 Å². The van der Waals surface area contributed by atoms with Crippen molar-refractivity contribution in [1.29, 1.82) is 0 Å². The second kappa shape index (κ2) is 16.8. The van der Waals surface area contributed by atoms with Gasteiger partial charge in [0.15, 0.2) is 5.82 Å². The second-order valence-corrected chi connectivity index (χ2v) is 8.76. The quantitative estimate of drug-likeness (QED) is 0.246. The standard InChI is InChI=1S/C21H24F4N4.C8H18/c1-5-8-15(26-4)11-17-16(6-2)13(3)28-29-20(17)27-12-14-9-7-10-18(19(14)22)21(23,24)25;1-3-5-7-8-6-4-2/h6-11,26H,5,12H2,1-4H3,(H,27,29);3-8H2,1-2H3/b15-8-,16-6-,17-11+;. The fourth-order valence-electron chi connectivity index (χ4n) is 3.77. The van der Waals surface area contributed by atoms with Crippen LogP contribution in [0.25, 0.3) is 12.2 Å². The molecule has 1 heterocycles. The van der Waals surface area contributed by atoms with Crippen LogP contribution in [0.3, 0.4) is 0 Å². The molecule has 37 heavy (non-hydrogen) atoms. The van der Waals surface area contributed by atoms with Crippen molar-refractivity contribution in [2.45, 2.75) is 92.3 Å². The van der Waals surface area contributed by atoms with Crippen LogP contribution in [0.15, 0.2) is 30.0 Å². The zero-order valence-corrected chi connectivity index (χ0v) is 23.0. The number of hydrogen-bond donors (Lipinski definition) is 2. The molecule has 0 aliphatic rings. The highest BCUT2D eigenvalue weighted by atomic mass is 19.4. The van der Waals surface area contributed by atoms with E-state index >= 15 is 0 Å². The van der Waals surface area contributed by atoms with Gasteiger partial charge in [-0.2, -0.15) is 18.3 Å². The van der Waals surface area contributed by atoms with Crippen molar-refractivity contribution in [3.8, 4) is 0 Å². The number of allylic oxidation sites excluding steroid dienone is 2. The predicted molar refractivity (Wildman–Crippen MR) is 146 cm³/mol. The molecule has 0 saturated heterocycles. The molecule has 0 fully saturated rings. The van der Waals surface area contributed by atoms with Gasteiger partial charge < -0.3 is 10.6 Å². The first-order chi connectivity index (χ1) is 17.6. The van der Waals surface area contributed by atoms with Crippen LogP contribution in [-0.4, -0.2) is 17.2 Å². The maximum absolute atomic E-state index is 14.3. The van der Waals surface area contributed by atoms with E-state index in [0.29, 0.717) is 11.5 Å². The summed E-state index contributed by atoms with van der Waals surface area (Å²) in [6.45, 7) is 10.0. The summed E-state index contributed by atoms with van der Waals surface area (Å²) in [6.07, 6.45) is 10.3. The average Bonchev–Trinajstić information content (AvgIpc) is 2.86. The van der Waals surface area contributed by atoms with E-state index in [2.05, 4.69) is 34.7 Å². The number of alkyl halides is 3. The van der Waals surface area contributed by atoms with Gasteiger partial charge in [0.1, 0.15) is 5.82 Å². The summed E-state index contributed by atoms with van der Waals surface area (Å²) in [7, 11) is 1.79. The molecule has 1 aromatic carbocycles. The summed E-state index contributed by atoms with van der Waals surface area (Å²) >= 11 is 0. The minimum atomic E-state index is -4.75. The Morgan fingerprint density at radius 2 is 1.62 bits per heavy atom. The highest BCUT2D eigenvalue weighted by Crippen LogP contribution is 2.32.